The minimum Gasteiger partial charge on any atom is -0.454 e. The molecule has 0 saturated heterocycles. The van der Waals surface area contributed by atoms with Gasteiger partial charge in [0.15, 0.2) is 17.3 Å². The highest BCUT2D eigenvalue weighted by Gasteiger charge is 2.19. The maximum absolute atomic E-state index is 5.39. The average Bonchev–Trinajstić information content (AvgIpc) is 3.25. The molecule has 2 aromatic heterocycles. The van der Waals surface area contributed by atoms with Crippen molar-refractivity contribution in [3.05, 3.63) is 40.5 Å². The standard InChI is InChI=1S/C18H16N4O2S/c1-2-4-15-12(3-1)16-17(19-9-20-18(16)25-15)22-21-8-11-5-6-13-14(7-11)24-10-23-13/h5-9H,1-4,10H2,(H,19,20,22)/b21-8-. The van der Waals surface area contributed by atoms with Crippen LogP contribution in [0.4, 0.5) is 5.82 Å². The Labute approximate surface area is 148 Å². The van der Waals surface area contributed by atoms with Crippen molar-refractivity contribution in [1.29, 1.82) is 0 Å². The molecular formula is C18H16N4O2S. The molecule has 0 fully saturated rings. The second-order valence-corrected chi connectivity index (χ2v) is 7.18. The number of ether oxygens (including phenoxy) is 2. The molecule has 0 spiro atoms. The van der Waals surface area contributed by atoms with Gasteiger partial charge < -0.3 is 9.47 Å². The molecule has 5 rings (SSSR count). The summed E-state index contributed by atoms with van der Waals surface area (Å²) in [7, 11) is 0. The molecule has 3 aromatic rings. The highest BCUT2D eigenvalue weighted by Crippen LogP contribution is 2.38. The number of anilines is 1. The number of hydrogen-bond donors (Lipinski definition) is 1. The molecule has 3 heterocycles. The molecule has 0 atom stereocenters. The highest BCUT2D eigenvalue weighted by atomic mass is 32.1. The lowest BCUT2D eigenvalue weighted by Crippen LogP contribution is -2.00. The molecule has 1 aliphatic carbocycles. The fourth-order valence-electron chi connectivity index (χ4n) is 3.34. The van der Waals surface area contributed by atoms with E-state index in [4.69, 9.17) is 9.47 Å². The Hall–Kier alpha value is -2.67. The first-order chi connectivity index (χ1) is 12.4. The summed E-state index contributed by atoms with van der Waals surface area (Å²) >= 11 is 1.78. The van der Waals surface area contributed by atoms with Crippen molar-refractivity contribution in [3.63, 3.8) is 0 Å². The zero-order chi connectivity index (χ0) is 16.6. The van der Waals surface area contributed by atoms with Gasteiger partial charge in [-0.3, -0.25) is 5.43 Å². The quantitative estimate of drug-likeness (QED) is 0.574. The Morgan fingerprint density at radius 3 is 3.04 bits per heavy atom. The Morgan fingerprint density at radius 2 is 2.04 bits per heavy atom. The second kappa shape index (κ2) is 6.00. The lowest BCUT2D eigenvalue weighted by atomic mass is 9.97. The van der Waals surface area contributed by atoms with Gasteiger partial charge in [-0.2, -0.15) is 5.10 Å². The normalized spacial score (nSPS) is 15.7. The number of aryl methyl sites for hydroxylation is 2. The summed E-state index contributed by atoms with van der Waals surface area (Å²) in [6, 6.07) is 5.75. The summed E-state index contributed by atoms with van der Waals surface area (Å²) < 4.78 is 10.7. The third kappa shape index (κ3) is 2.60. The van der Waals surface area contributed by atoms with Crippen LogP contribution in [0.25, 0.3) is 10.2 Å². The van der Waals surface area contributed by atoms with Crippen LogP contribution >= 0.6 is 11.3 Å². The van der Waals surface area contributed by atoms with Gasteiger partial charge in [0.25, 0.3) is 0 Å². The molecular weight excluding hydrogens is 336 g/mol. The van der Waals surface area contributed by atoms with Crippen LogP contribution in [-0.4, -0.2) is 23.0 Å². The monoisotopic (exact) mass is 352 g/mol. The third-order valence-electron chi connectivity index (χ3n) is 4.53. The van der Waals surface area contributed by atoms with E-state index in [0.717, 1.165) is 45.9 Å². The van der Waals surface area contributed by atoms with Crippen LogP contribution in [0, 0.1) is 0 Å². The van der Waals surface area contributed by atoms with Crippen LogP contribution in [0.1, 0.15) is 28.8 Å². The van der Waals surface area contributed by atoms with Crippen molar-refractivity contribution in [2.24, 2.45) is 5.10 Å². The van der Waals surface area contributed by atoms with E-state index in [2.05, 4.69) is 20.5 Å². The molecule has 2 aliphatic rings. The fraction of sp³-hybridized carbons (Fsp3) is 0.278. The minimum atomic E-state index is 0.274. The Balaban J connectivity index is 1.43. The fourth-order valence-corrected chi connectivity index (χ4v) is 4.57. The Kier molecular flexibility index (Phi) is 3.52. The predicted molar refractivity (Wildman–Crippen MR) is 97.8 cm³/mol. The van der Waals surface area contributed by atoms with Crippen molar-refractivity contribution in [2.45, 2.75) is 25.7 Å². The first-order valence-electron chi connectivity index (χ1n) is 8.32. The van der Waals surface area contributed by atoms with Gasteiger partial charge in [-0.25, -0.2) is 9.97 Å². The van der Waals surface area contributed by atoms with Crippen LogP contribution in [0.15, 0.2) is 29.6 Å². The lowest BCUT2D eigenvalue weighted by molar-refractivity contribution is 0.174. The maximum Gasteiger partial charge on any atom is 0.231 e. The van der Waals surface area contributed by atoms with Gasteiger partial charge in [0, 0.05) is 4.88 Å². The van der Waals surface area contributed by atoms with E-state index in [1.807, 2.05) is 18.2 Å². The van der Waals surface area contributed by atoms with Gasteiger partial charge in [-0.05, 0) is 55.0 Å². The molecule has 1 aliphatic heterocycles. The van der Waals surface area contributed by atoms with Crippen molar-refractivity contribution in [1.82, 2.24) is 9.97 Å². The molecule has 1 N–H and O–H groups in total. The van der Waals surface area contributed by atoms with Crippen LogP contribution < -0.4 is 14.9 Å². The number of hydrazone groups is 1. The minimum absolute atomic E-state index is 0.274. The van der Waals surface area contributed by atoms with E-state index < -0.39 is 0 Å². The molecule has 0 bridgehead atoms. The molecule has 6 nitrogen and oxygen atoms in total. The summed E-state index contributed by atoms with van der Waals surface area (Å²) in [5.41, 5.74) is 5.43. The number of nitrogens with one attached hydrogen (secondary N) is 1. The predicted octanol–water partition coefficient (Wildman–Crippen LogP) is 3.74. The summed E-state index contributed by atoms with van der Waals surface area (Å²) in [5.74, 6) is 2.30. The van der Waals surface area contributed by atoms with E-state index in [1.165, 1.54) is 23.3 Å². The maximum atomic E-state index is 5.39. The van der Waals surface area contributed by atoms with E-state index >= 15 is 0 Å². The molecule has 0 radical (unpaired) electrons. The van der Waals surface area contributed by atoms with Crippen molar-refractivity contribution >= 4 is 33.6 Å². The smallest absolute Gasteiger partial charge is 0.231 e. The number of nitrogens with zero attached hydrogens (tertiary/aromatic N) is 3. The number of thiophene rings is 1. The first-order valence-corrected chi connectivity index (χ1v) is 9.14. The number of aromatic nitrogens is 2. The number of benzene rings is 1. The van der Waals surface area contributed by atoms with E-state index in [1.54, 1.807) is 23.9 Å². The van der Waals surface area contributed by atoms with Crippen LogP contribution in [0.5, 0.6) is 11.5 Å². The molecule has 0 saturated carbocycles. The van der Waals surface area contributed by atoms with Crippen molar-refractivity contribution in [3.8, 4) is 11.5 Å². The lowest BCUT2D eigenvalue weighted by Gasteiger charge is -2.11. The number of hydrogen-bond acceptors (Lipinski definition) is 7. The van der Waals surface area contributed by atoms with Crippen LogP contribution in [0.3, 0.4) is 0 Å². The molecule has 0 unspecified atom stereocenters. The van der Waals surface area contributed by atoms with Crippen LogP contribution in [0.2, 0.25) is 0 Å². The SMILES string of the molecule is C(=N/Nc1ncnc2sc3c(c12)CCCC3)/c1ccc2c(c1)OCO2. The number of fused-ring (bicyclic) bond motifs is 4. The van der Waals surface area contributed by atoms with Gasteiger partial charge >= 0.3 is 0 Å². The summed E-state index contributed by atoms with van der Waals surface area (Å²) in [5, 5.41) is 5.49. The topological polar surface area (TPSA) is 68.6 Å². The van der Waals surface area contributed by atoms with Gasteiger partial charge in [0.1, 0.15) is 11.2 Å². The first kappa shape index (κ1) is 14.7. The summed E-state index contributed by atoms with van der Waals surface area (Å²) in [6.45, 7) is 0.274. The third-order valence-corrected chi connectivity index (χ3v) is 5.73. The van der Waals surface area contributed by atoms with Gasteiger partial charge in [-0.1, -0.05) is 0 Å². The molecule has 1 aromatic carbocycles. The molecule has 0 amide bonds. The van der Waals surface area contributed by atoms with Gasteiger partial charge in [0.2, 0.25) is 6.79 Å². The zero-order valence-corrected chi connectivity index (χ0v) is 14.3. The Morgan fingerprint density at radius 1 is 1.12 bits per heavy atom. The van der Waals surface area contributed by atoms with Gasteiger partial charge in [0.05, 0.1) is 11.6 Å². The van der Waals surface area contributed by atoms with E-state index in [9.17, 15) is 0 Å². The Bertz CT molecular complexity index is 983. The molecule has 126 valence electrons. The average molecular weight is 352 g/mol. The second-order valence-electron chi connectivity index (χ2n) is 6.10. The molecule has 25 heavy (non-hydrogen) atoms. The van der Waals surface area contributed by atoms with Crippen LogP contribution in [-0.2, 0) is 12.8 Å². The summed E-state index contributed by atoms with van der Waals surface area (Å²) in [6.07, 6.45) is 8.10. The van der Waals surface area contributed by atoms with Crippen molar-refractivity contribution in [2.75, 3.05) is 12.2 Å². The van der Waals surface area contributed by atoms with E-state index in [-0.39, 0.29) is 6.79 Å². The molecule has 7 heteroatoms. The number of rotatable bonds is 3. The van der Waals surface area contributed by atoms with Gasteiger partial charge in [-0.15, -0.1) is 11.3 Å². The highest BCUT2D eigenvalue weighted by molar-refractivity contribution is 7.19. The van der Waals surface area contributed by atoms with E-state index in [0.29, 0.717) is 0 Å². The summed E-state index contributed by atoms with van der Waals surface area (Å²) in [4.78, 5) is 11.3. The zero-order valence-electron chi connectivity index (χ0n) is 13.5. The van der Waals surface area contributed by atoms with Crippen molar-refractivity contribution < 1.29 is 9.47 Å². The largest absolute Gasteiger partial charge is 0.454 e.